The van der Waals surface area contributed by atoms with Crippen LogP contribution >= 0.6 is 0 Å². The Morgan fingerprint density at radius 2 is 2.17 bits per heavy atom. The molecular formula is C9H19NO2. The highest BCUT2D eigenvalue weighted by atomic mass is 16.4. The first-order chi connectivity index (χ1) is 5.63. The molecule has 72 valence electrons. The van der Waals surface area contributed by atoms with Crippen LogP contribution in [0.25, 0.3) is 0 Å². The Morgan fingerprint density at radius 3 is 2.50 bits per heavy atom. The summed E-state index contributed by atoms with van der Waals surface area (Å²) in [4.78, 5) is 10.6. The summed E-state index contributed by atoms with van der Waals surface area (Å²) >= 11 is 0. The normalized spacial score (nSPS) is 15.6. The molecule has 2 atom stereocenters. The third kappa shape index (κ3) is 3.72. The van der Waals surface area contributed by atoms with E-state index in [-0.39, 0.29) is 11.8 Å². The van der Waals surface area contributed by atoms with E-state index in [2.05, 4.69) is 6.92 Å². The molecule has 0 bridgehead atoms. The van der Waals surface area contributed by atoms with Crippen LogP contribution in [0.2, 0.25) is 0 Å². The summed E-state index contributed by atoms with van der Waals surface area (Å²) in [7, 11) is 0. The molecule has 3 heteroatoms. The summed E-state index contributed by atoms with van der Waals surface area (Å²) in [6.45, 7) is 4.31. The standard InChI is InChI=1S/C9H19NO2/c1-3-4-5-8(6-10)7(2)9(11)12/h7-8H,3-6,10H2,1-2H3,(H,11,12). The molecule has 0 rings (SSSR count). The third-order valence-electron chi connectivity index (χ3n) is 2.33. The maximum absolute atomic E-state index is 10.6. The van der Waals surface area contributed by atoms with Crippen molar-refractivity contribution in [1.29, 1.82) is 0 Å². The van der Waals surface area contributed by atoms with Crippen LogP contribution in [0.1, 0.15) is 33.1 Å². The van der Waals surface area contributed by atoms with E-state index in [4.69, 9.17) is 10.8 Å². The lowest BCUT2D eigenvalue weighted by Crippen LogP contribution is -2.27. The Labute approximate surface area is 74.0 Å². The minimum atomic E-state index is -0.735. The number of rotatable bonds is 6. The molecule has 3 nitrogen and oxygen atoms in total. The van der Waals surface area contributed by atoms with Crippen LogP contribution in [0, 0.1) is 11.8 Å². The van der Waals surface area contributed by atoms with Crippen molar-refractivity contribution < 1.29 is 9.90 Å². The highest BCUT2D eigenvalue weighted by Crippen LogP contribution is 2.17. The van der Waals surface area contributed by atoms with E-state index >= 15 is 0 Å². The number of hydrogen-bond donors (Lipinski definition) is 2. The van der Waals surface area contributed by atoms with Crippen LogP contribution < -0.4 is 5.73 Å². The van der Waals surface area contributed by atoms with Crippen molar-refractivity contribution in [1.82, 2.24) is 0 Å². The lowest BCUT2D eigenvalue weighted by molar-refractivity contribution is -0.142. The number of carboxylic acids is 1. The minimum Gasteiger partial charge on any atom is -0.481 e. The number of unbranched alkanes of at least 4 members (excludes halogenated alkanes) is 1. The Kier molecular flexibility index (Phi) is 5.72. The number of carbonyl (C=O) groups is 1. The van der Waals surface area contributed by atoms with Gasteiger partial charge in [0.15, 0.2) is 0 Å². The van der Waals surface area contributed by atoms with Crippen molar-refractivity contribution in [2.45, 2.75) is 33.1 Å². The van der Waals surface area contributed by atoms with Crippen LogP contribution in [0.4, 0.5) is 0 Å². The summed E-state index contributed by atoms with van der Waals surface area (Å²) < 4.78 is 0. The lowest BCUT2D eigenvalue weighted by atomic mass is 9.89. The molecule has 0 aromatic rings. The molecule has 0 aliphatic carbocycles. The van der Waals surface area contributed by atoms with Crippen molar-refractivity contribution in [3.8, 4) is 0 Å². The molecular weight excluding hydrogens is 154 g/mol. The summed E-state index contributed by atoms with van der Waals surface area (Å²) in [6.07, 6.45) is 3.10. The van der Waals surface area contributed by atoms with Gasteiger partial charge in [0.25, 0.3) is 0 Å². The van der Waals surface area contributed by atoms with Gasteiger partial charge in [-0.05, 0) is 18.9 Å². The first kappa shape index (κ1) is 11.4. The topological polar surface area (TPSA) is 63.3 Å². The minimum absolute atomic E-state index is 0.141. The van der Waals surface area contributed by atoms with Gasteiger partial charge in [-0.2, -0.15) is 0 Å². The molecule has 0 spiro atoms. The SMILES string of the molecule is CCCCC(CN)C(C)C(=O)O. The predicted molar refractivity (Wildman–Crippen MR) is 48.9 cm³/mol. The zero-order valence-corrected chi connectivity index (χ0v) is 7.92. The maximum atomic E-state index is 10.6. The molecule has 0 fully saturated rings. The molecule has 0 amide bonds. The highest BCUT2D eigenvalue weighted by Gasteiger charge is 2.21. The molecule has 0 aromatic heterocycles. The van der Waals surface area contributed by atoms with Gasteiger partial charge in [0.1, 0.15) is 0 Å². The lowest BCUT2D eigenvalue weighted by Gasteiger charge is -2.18. The molecule has 0 aliphatic rings. The van der Waals surface area contributed by atoms with Gasteiger partial charge in [-0.15, -0.1) is 0 Å². The molecule has 3 N–H and O–H groups in total. The molecule has 0 heterocycles. The fraction of sp³-hybridized carbons (Fsp3) is 0.889. The van der Waals surface area contributed by atoms with E-state index in [0.29, 0.717) is 6.54 Å². The van der Waals surface area contributed by atoms with Crippen LogP contribution in [-0.2, 0) is 4.79 Å². The van der Waals surface area contributed by atoms with Crippen LogP contribution in [0.3, 0.4) is 0 Å². The Balaban J connectivity index is 3.87. The molecule has 0 aliphatic heterocycles. The van der Waals surface area contributed by atoms with Gasteiger partial charge in [-0.3, -0.25) is 4.79 Å². The van der Waals surface area contributed by atoms with Gasteiger partial charge < -0.3 is 10.8 Å². The average Bonchev–Trinajstić information content (AvgIpc) is 2.05. The van der Waals surface area contributed by atoms with Crippen molar-refractivity contribution in [2.75, 3.05) is 6.54 Å². The Hall–Kier alpha value is -0.570. The van der Waals surface area contributed by atoms with Gasteiger partial charge in [0.05, 0.1) is 5.92 Å². The van der Waals surface area contributed by atoms with Crippen LogP contribution in [0.5, 0.6) is 0 Å². The Bertz CT molecular complexity index is 136. The average molecular weight is 173 g/mol. The van der Waals surface area contributed by atoms with E-state index in [0.717, 1.165) is 19.3 Å². The monoisotopic (exact) mass is 173 g/mol. The van der Waals surface area contributed by atoms with Gasteiger partial charge >= 0.3 is 5.97 Å². The molecule has 2 unspecified atom stereocenters. The second-order valence-corrected chi connectivity index (χ2v) is 3.26. The van der Waals surface area contributed by atoms with Crippen molar-refractivity contribution >= 4 is 5.97 Å². The fourth-order valence-electron chi connectivity index (χ4n) is 1.24. The highest BCUT2D eigenvalue weighted by molar-refractivity contribution is 5.69. The maximum Gasteiger partial charge on any atom is 0.306 e. The second-order valence-electron chi connectivity index (χ2n) is 3.26. The van der Waals surface area contributed by atoms with Crippen molar-refractivity contribution in [3.05, 3.63) is 0 Å². The van der Waals surface area contributed by atoms with Crippen molar-refractivity contribution in [2.24, 2.45) is 17.6 Å². The van der Waals surface area contributed by atoms with Crippen molar-refractivity contribution in [3.63, 3.8) is 0 Å². The molecule has 0 aromatic carbocycles. The first-order valence-corrected chi connectivity index (χ1v) is 4.56. The second kappa shape index (κ2) is 6.00. The quantitative estimate of drug-likeness (QED) is 0.639. The third-order valence-corrected chi connectivity index (χ3v) is 2.33. The summed E-state index contributed by atoms with van der Waals surface area (Å²) in [5.74, 6) is -0.898. The summed E-state index contributed by atoms with van der Waals surface area (Å²) in [5.41, 5.74) is 5.49. The van der Waals surface area contributed by atoms with Gasteiger partial charge in [0.2, 0.25) is 0 Å². The zero-order chi connectivity index (χ0) is 9.56. The largest absolute Gasteiger partial charge is 0.481 e. The molecule has 12 heavy (non-hydrogen) atoms. The van der Waals surface area contributed by atoms with Gasteiger partial charge in [0, 0.05) is 0 Å². The summed E-state index contributed by atoms with van der Waals surface area (Å²) in [5, 5.41) is 8.73. The number of hydrogen-bond acceptors (Lipinski definition) is 2. The smallest absolute Gasteiger partial charge is 0.306 e. The number of aliphatic carboxylic acids is 1. The van der Waals surface area contributed by atoms with Gasteiger partial charge in [-0.25, -0.2) is 0 Å². The molecule has 0 radical (unpaired) electrons. The predicted octanol–water partition coefficient (Wildman–Crippen LogP) is 1.47. The summed E-state index contributed by atoms with van der Waals surface area (Å²) in [6, 6.07) is 0. The number of carboxylic acid groups (broad SMARTS) is 1. The molecule has 0 saturated carbocycles. The zero-order valence-electron chi connectivity index (χ0n) is 7.92. The Morgan fingerprint density at radius 1 is 1.58 bits per heavy atom. The van der Waals surface area contributed by atoms with Crippen LogP contribution in [0.15, 0.2) is 0 Å². The van der Waals surface area contributed by atoms with E-state index < -0.39 is 5.97 Å². The number of nitrogens with two attached hydrogens (primary N) is 1. The van der Waals surface area contributed by atoms with E-state index in [1.165, 1.54) is 0 Å². The fourth-order valence-corrected chi connectivity index (χ4v) is 1.24. The van der Waals surface area contributed by atoms with E-state index in [1.807, 2.05) is 0 Å². The van der Waals surface area contributed by atoms with E-state index in [9.17, 15) is 4.79 Å². The molecule has 0 saturated heterocycles. The van der Waals surface area contributed by atoms with E-state index in [1.54, 1.807) is 6.92 Å². The van der Waals surface area contributed by atoms with Gasteiger partial charge in [-0.1, -0.05) is 26.7 Å². The first-order valence-electron chi connectivity index (χ1n) is 4.56. The van der Waals surface area contributed by atoms with Crippen LogP contribution in [-0.4, -0.2) is 17.6 Å².